The first-order valence-electron chi connectivity index (χ1n) is 6.76. The molecule has 1 aliphatic rings. The van der Waals surface area contributed by atoms with Gasteiger partial charge in [0, 0.05) is 12.5 Å². The van der Waals surface area contributed by atoms with Gasteiger partial charge in [0.05, 0.1) is 11.5 Å². The molecule has 0 spiro atoms. The quantitative estimate of drug-likeness (QED) is 0.495. The van der Waals surface area contributed by atoms with Crippen LogP contribution in [0.25, 0.3) is 0 Å². The molecule has 3 atom stereocenters. The molecule has 0 radical (unpaired) electrons. The summed E-state index contributed by atoms with van der Waals surface area (Å²) in [5.74, 6) is -0.334. The maximum absolute atomic E-state index is 12.1. The van der Waals surface area contributed by atoms with Gasteiger partial charge < -0.3 is 14.3 Å². The number of carbonyl (C=O) groups is 2. The summed E-state index contributed by atoms with van der Waals surface area (Å²) < 4.78 is 10.8. The van der Waals surface area contributed by atoms with Gasteiger partial charge in [-0.1, -0.05) is 43.6 Å². The molecule has 0 saturated carbocycles. The lowest BCUT2D eigenvalue weighted by atomic mass is 9.79. The van der Waals surface area contributed by atoms with Gasteiger partial charge >= 0.3 is 5.97 Å². The molecule has 1 saturated heterocycles. The number of ether oxygens (including phenoxy) is 2. The van der Waals surface area contributed by atoms with Gasteiger partial charge in [0.15, 0.2) is 0 Å². The van der Waals surface area contributed by atoms with Gasteiger partial charge in [-0.3, -0.25) is 4.79 Å². The molecule has 0 bridgehead atoms. The molecule has 0 amide bonds. The van der Waals surface area contributed by atoms with Crippen LogP contribution in [0.15, 0.2) is 0 Å². The third-order valence-electron chi connectivity index (χ3n) is 3.70. The summed E-state index contributed by atoms with van der Waals surface area (Å²) in [6.07, 6.45) is 4.16. The third-order valence-corrected chi connectivity index (χ3v) is 3.70. The molecule has 0 N–H and O–H groups in total. The van der Waals surface area contributed by atoms with Crippen molar-refractivity contribution in [3.8, 4) is 0 Å². The van der Waals surface area contributed by atoms with E-state index >= 15 is 0 Å². The van der Waals surface area contributed by atoms with Crippen LogP contribution in [0.5, 0.6) is 0 Å². The molecule has 1 fully saturated rings. The van der Waals surface area contributed by atoms with Crippen molar-refractivity contribution in [3.05, 3.63) is 0 Å². The van der Waals surface area contributed by atoms with E-state index in [0.717, 1.165) is 25.7 Å². The Morgan fingerprint density at radius 1 is 1.36 bits per heavy atom. The van der Waals surface area contributed by atoms with Gasteiger partial charge in [0.1, 0.15) is 12.9 Å². The Morgan fingerprint density at radius 3 is 2.36 bits per heavy atom. The highest BCUT2D eigenvalue weighted by molar-refractivity contribution is 5.76. The van der Waals surface area contributed by atoms with E-state index in [9.17, 15) is 9.59 Å². The lowest BCUT2D eigenvalue weighted by molar-refractivity contribution is -0.159. The van der Waals surface area contributed by atoms with E-state index in [0.29, 0.717) is 19.4 Å². The highest BCUT2D eigenvalue weighted by Crippen LogP contribution is 2.31. The minimum Gasteiger partial charge on any atom is -0.463 e. The van der Waals surface area contributed by atoms with E-state index in [1.54, 1.807) is 0 Å². The van der Waals surface area contributed by atoms with E-state index in [-0.39, 0.29) is 47.7 Å². The van der Waals surface area contributed by atoms with Crippen LogP contribution in [-0.2, 0) is 19.1 Å². The standard InChI is InChI=1S/C14H24O4.4CH4/c1-4-14(3,8-11(2)9-15)13(16)18-10-12-6-5-7-17-12;;;;/h9,11-12H,4-8,10H2,1-3H3;4*1H4. The predicted molar refractivity (Wildman–Crippen MR) is 95.1 cm³/mol. The summed E-state index contributed by atoms with van der Waals surface area (Å²) in [6.45, 7) is 6.74. The first kappa shape index (κ1) is 29.2. The largest absolute Gasteiger partial charge is 0.463 e. The van der Waals surface area contributed by atoms with Crippen molar-refractivity contribution in [2.75, 3.05) is 13.2 Å². The lowest BCUT2D eigenvalue weighted by Crippen LogP contribution is -2.33. The second-order valence-corrected chi connectivity index (χ2v) is 5.47. The summed E-state index contributed by atoms with van der Waals surface area (Å²) in [7, 11) is 0. The maximum Gasteiger partial charge on any atom is 0.311 e. The average molecular weight is 321 g/mol. The van der Waals surface area contributed by atoms with Crippen molar-refractivity contribution in [3.63, 3.8) is 0 Å². The summed E-state index contributed by atoms with van der Waals surface area (Å²) >= 11 is 0. The molecule has 22 heavy (non-hydrogen) atoms. The van der Waals surface area contributed by atoms with E-state index in [2.05, 4.69) is 0 Å². The Morgan fingerprint density at radius 2 is 1.95 bits per heavy atom. The molecular weight excluding hydrogens is 280 g/mol. The van der Waals surface area contributed by atoms with Crippen molar-refractivity contribution in [1.82, 2.24) is 0 Å². The normalized spacial score (nSPS) is 19.9. The molecule has 0 aliphatic carbocycles. The SMILES string of the molecule is C.C.C.C.CCC(C)(CC(C)C=O)C(=O)OCC1CCCO1. The zero-order chi connectivity index (χ0) is 13.6. The second kappa shape index (κ2) is 13.7. The minimum absolute atomic E-state index is 0. The number of aldehydes is 1. The highest BCUT2D eigenvalue weighted by atomic mass is 16.6. The van der Waals surface area contributed by atoms with Crippen LogP contribution in [0.4, 0.5) is 0 Å². The van der Waals surface area contributed by atoms with Crippen molar-refractivity contribution in [2.24, 2.45) is 11.3 Å². The van der Waals surface area contributed by atoms with Crippen LogP contribution >= 0.6 is 0 Å². The van der Waals surface area contributed by atoms with Crippen LogP contribution in [0.2, 0.25) is 0 Å². The average Bonchev–Trinajstić information content (AvgIpc) is 2.88. The van der Waals surface area contributed by atoms with Gasteiger partial charge in [-0.15, -0.1) is 0 Å². The summed E-state index contributed by atoms with van der Waals surface area (Å²) in [5, 5.41) is 0. The molecule has 136 valence electrons. The van der Waals surface area contributed by atoms with Gasteiger partial charge in [0.25, 0.3) is 0 Å². The van der Waals surface area contributed by atoms with Crippen molar-refractivity contribution in [2.45, 2.75) is 82.3 Å². The zero-order valence-electron chi connectivity index (χ0n) is 11.6. The molecule has 0 aromatic heterocycles. The van der Waals surface area contributed by atoms with Crippen LogP contribution in [0.3, 0.4) is 0 Å². The van der Waals surface area contributed by atoms with Crippen LogP contribution in [0.1, 0.15) is 76.2 Å². The summed E-state index contributed by atoms with van der Waals surface area (Å²) in [4.78, 5) is 22.8. The third kappa shape index (κ3) is 8.52. The number of rotatable bonds is 7. The van der Waals surface area contributed by atoms with Gasteiger partial charge in [-0.25, -0.2) is 0 Å². The molecule has 0 aromatic carbocycles. The van der Waals surface area contributed by atoms with Gasteiger partial charge in [-0.2, -0.15) is 0 Å². The lowest BCUT2D eigenvalue weighted by Gasteiger charge is -2.27. The van der Waals surface area contributed by atoms with E-state index in [1.165, 1.54) is 0 Å². The fraction of sp³-hybridized carbons (Fsp3) is 0.889. The Kier molecular flexibility index (Phi) is 18.2. The minimum atomic E-state index is -0.571. The van der Waals surface area contributed by atoms with Crippen molar-refractivity contribution in [1.29, 1.82) is 0 Å². The van der Waals surface area contributed by atoms with Crippen molar-refractivity contribution < 1.29 is 19.1 Å². The molecule has 4 nitrogen and oxygen atoms in total. The van der Waals surface area contributed by atoms with Gasteiger partial charge in [-0.05, 0) is 32.6 Å². The Hall–Kier alpha value is -0.900. The second-order valence-electron chi connectivity index (χ2n) is 5.47. The summed E-state index contributed by atoms with van der Waals surface area (Å²) in [5.41, 5.74) is -0.571. The Bertz CT molecular complexity index is 285. The van der Waals surface area contributed by atoms with E-state index < -0.39 is 5.41 Å². The molecule has 1 heterocycles. The van der Waals surface area contributed by atoms with E-state index in [4.69, 9.17) is 9.47 Å². The van der Waals surface area contributed by atoms with Crippen LogP contribution < -0.4 is 0 Å². The highest BCUT2D eigenvalue weighted by Gasteiger charge is 2.35. The fourth-order valence-corrected chi connectivity index (χ4v) is 2.25. The van der Waals surface area contributed by atoms with Gasteiger partial charge in [0.2, 0.25) is 0 Å². The molecule has 3 unspecified atom stereocenters. The first-order valence-corrected chi connectivity index (χ1v) is 6.76. The van der Waals surface area contributed by atoms with E-state index in [1.807, 2.05) is 20.8 Å². The molecule has 4 heteroatoms. The monoisotopic (exact) mass is 320 g/mol. The Balaban J connectivity index is -0.000000405. The number of carbonyl (C=O) groups excluding carboxylic acids is 2. The maximum atomic E-state index is 12.1. The summed E-state index contributed by atoms with van der Waals surface area (Å²) in [6, 6.07) is 0. The van der Waals surface area contributed by atoms with Crippen LogP contribution in [-0.4, -0.2) is 31.6 Å². The fourth-order valence-electron chi connectivity index (χ4n) is 2.25. The predicted octanol–water partition coefficient (Wildman–Crippen LogP) is 4.89. The molecule has 1 rings (SSSR count). The molecule has 0 aromatic rings. The van der Waals surface area contributed by atoms with Crippen molar-refractivity contribution >= 4 is 12.3 Å². The molecular formula is C18H40O4. The number of hydrogen-bond donors (Lipinski definition) is 0. The van der Waals surface area contributed by atoms with Crippen LogP contribution in [0, 0.1) is 11.3 Å². The molecule has 1 aliphatic heterocycles. The number of hydrogen-bond acceptors (Lipinski definition) is 4. The zero-order valence-corrected chi connectivity index (χ0v) is 11.6. The topological polar surface area (TPSA) is 52.6 Å². The smallest absolute Gasteiger partial charge is 0.311 e. The Labute approximate surface area is 139 Å². The first-order chi connectivity index (χ1) is 8.51. The number of esters is 1.